The molecule has 0 bridgehead atoms. The quantitative estimate of drug-likeness (QED) is 0.298. The second kappa shape index (κ2) is 11.9. The summed E-state index contributed by atoms with van der Waals surface area (Å²) in [5.41, 5.74) is 5.08. The van der Waals surface area contributed by atoms with E-state index in [1.807, 2.05) is 29.2 Å². The summed E-state index contributed by atoms with van der Waals surface area (Å²) in [7, 11) is 4.74. The van der Waals surface area contributed by atoms with Crippen LogP contribution in [-0.2, 0) is 16.8 Å². The second-order valence-electron chi connectivity index (χ2n) is 11.0. The molecule has 1 aliphatic heterocycles. The Bertz CT molecular complexity index is 1420. The van der Waals surface area contributed by atoms with Gasteiger partial charge in [0.2, 0.25) is 11.8 Å². The predicted molar refractivity (Wildman–Crippen MR) is 156 cm³/mol. The van der Waals surface area contributed by atoms with Gasteiger partial charge in [-0.05, 0) is 54.2 Å². The molecule has 1 aromatic heterocycles. The van der Waals surface area contributed by atoms with Crippen molar-refractivity contribution in [3.63, 3.8) is 0 Å². The number of aromatic nitrogens is 1. The Morgan fingerprint density at radius 3 is 2.33 bits per heavy atom. The summed E-state index contributed by atoms with van der Waals surface area (Å²) in [5, 5.41) is 0. The van der Waals surface area contributed by atoms with E-state index in [-0.39, 0.29) is 29.0 Å². The standard InChI is InChI=1S/C33H38N2O5/c1-21(36)27-15-16-29(34-32(27)40-7)28(22-8-11-24(12-9-22)33(2,3)4)18-25-13-17-31(37)35(25)20-23-10-14-26(38-5)19-30(23)39-6/h8-12,14-16,18-19,25H,13,17,20H2,1-7H3/b28-18+/t25-/m1/s1. The summed E-state index contributed by atoms with van der Waals surface area (Å²) in [6.07, 6.45) is 3.25. The van der Waals surface area contributed by atoms with Crippen LogP contribution in [0.5, 0.6) is 17.4 Å². The van der Waals surface area contributed by atoms with Gasteiger partial charge in [-0.2, -0.15) is 0 Å². The van der Waals surface area contributed by atoms with Gasteiger partial charge in [0.05, 0.1) is 38.6 Å². The van der Waals surface area contributed by atoms with Crippen LogP contribution < -0.4 is 14.2 Å². The minimum Gasteiger partial charge on any atom is -0.497 e. The molecule has 7 nitrogen and oxygen atoms in total. The molecular formula is C33H38N2O5. The number of hydrogen-bond donors (Lipinski definition) is 0. The van der Waals surface area contributed by atoms with Crippen LogP contribution in [0, 0.1) is 0 Å². The number of carbonyl (C=O) groups is 2. The first kappa shape index (κ1) is 28.9. The van der Waals surface area contributed by atoms with Gasteiger partial charge in [-0.3, -0.25) is 9.59 Å². The number of methoxy groups -OCH3 is 3. The number of benzene rings is 2. The lowest BCUT2D eigenvalue weighted by atomic mass is 9.86. The number of nitrogens with zero attached hydrogens (tertiary/aromatic N) is 2. The Kier molecular flexibility index (Phi) is 8.62. The van der Waals surface area contributed by atoms with Crippen LogP contribution in [0.15, 0.2) is 60.7 Å². The molecular weight excluding hydrogens is 504 g/mol. The van der Waals surface area contributed by atoms with Crippen molar-refractivity contribution in [3.05, 3.63) is 88.6 Å². The molecule has 0 unspecified atom stereocenters. The van der Waals surface area contributed by atoms with Crippen LogP contribution in [0.4, 0.5) is 0 Å². The number of hydrogen-bond acceptors (Lipinski definition) is 6. The van der Waals surface area contributed by atoms with Crippen molar-refractivity contribution in [2.45, 2.75) is 58.5 Å². The van der Waals surface area contributed by atoms with E-state index in [0.29, 0.717) is 42.1 Å². The van der Waals surface area contributed by atoms with Crippen molar-refractivity contribution in [1.82, 2.24) is 9.88 Å². The number of pyridine rings is 1. The number of amides is 1. The third kappa shape index (κ3) is 6.19. The minimum absolute atomic E-state index is 0.0130. The highest BCUT2D eigenvalue weighted by Gasteiger charge is 2.31. The maximum Gasteiger partial charge on any atom is 0.224 e. The fraction of sp³-hybridized carbons (Fsp3) is 0.364. The highest BCUT2D eigenvalue weighted by atomic mass is 16.5. The molecule has 4 rings (SSSR count). The molecule has 2 aromatic carbocycles. The molecule has 0 radical (unpaired) electrons. The van der Waals surface area contributed by atoms with Crippen LogP contribution in [0.3, 0.4) is 0 Å². The van der Waals surface area contributed by atoms with E-state index >= 15 is 0 Å². The van der Waals surface area contributed by atoms with Gasteiger partial charge in [0.25, 0.3) is 0 Å². The first-order valence-corrected chi connectivity index (χ1v) is 13.4. The van der Waals surface area contributed by atoms with E-state index in [1.54, 1.807) is 20.3 Å². The van der Waals surface area contributed by atoms with Gasteiger partial charge in [-0.25, -0.2) is 4.98 Å². The van der Waals surface area contributed by atoms with Gasteiger partial charge in [-0.15, -0.1) is 0 Å². The molecule has 1 fully saturated rings. The SMILES string of the molecule is COc1ccc(CN2C(=O)CC[C@@H]2/C=C(\c2ccc(C(C)(C)C)cc2)c2ccc(C(C)=O)c(OC)n2)c(OC)c1. The van der Waals surface area contributed by atoms with Crippen LogP contribution in [0.2, 0.25) is 0 Å². The average Bonchev–Trinajstić information content (AvgIpc) is 3.29. The lowest BCUT2D eigenvalue weighted by molar-refractivity contribution is -0.129. The Labute approximate surface area is 236 Å². The van der Waals surface area contributed by atoms with E-state index in [4.69, 9.17) is 19.2 Å². The summed E-state index contributed by atoms with van der Waals surface area (Å²) < 4.78 is 16.4. The zero-order valence-electron chi connectivity index (χ0n) is 24.4. The average molecular weight is 543 g/mol. The predicted octanol–water partition coefficient (Wildman–Crippen LogP) is 6.23. The first-order valence-electron chi connectivity index (χ1n) is 13.4. The van der Waals surface area contributed by atoms with Gasteiger partial charge in [0, 0.05) is 30.2 Å². The molecule has 7 heteroatoms. The number of Topliss-reactive ketones (excluding diaryl/α,β-unsaturated/α-hetero) is 1. The highest BCUT2D eigenvalue weighted by molar-refractivity contribution is 5.96. The second-order valence-corrected chi connectivity index (χ2v) is 11.0. The van der Waals surface area contributed by atoms with E-state index < -0.39 is 0 Å². The van der Waals surface area contributed by atoms with Crippen LogP contribution in [-0.4, -0.2) is 48.9 Å². The van der Waals surface area contributed by atoms with Gasteiger partial charge in [-0.1, -0.05) is 51.1 Å². The van der Waals surface area contributed by atoms with Gasteiger partial charge < -0.3 is 19.1 Å². The largest absolute Gasteiger partial charge is 0.497 e. The molecule has 0 N–H and O–H groups in total. The molecule has 1 aliphatic rings. The molecule has 0 aliphatic carbocycles. The number of rotatable bonds is 9. The smallest absolute Gasteiger partial charge is 0.224 e. The van der Waals surface area contributed by atoms with Crippen LogP contribution >= 0.6 is 0 Å². The van der Waals surface area contributed by atoms with Crippen molar-refractivity contribution in [1.29, 1.82) is 0 Å². The van der Waals surface area contributed by atoms with Crippen molar-refractivity contribution in [2.24, 2.45) is 0 Å². The maximum absolute atomic E-state index is 13.1. The molecule has 1 saturated heterocycles. The molecule has 210 valence electrons. The number of likely N-dealkylation sites (tertiary alicyclic amines) is 1. The first-order chi connectivity index (χ1) is 19.0. The minimum atomic E-state index is -0.156. The van der Waals surface area contributed by atoms with Crippen molar-refractivity contribution in [3.8, 4) is 17.4 Å². The van der Waals surface area contributed by atoms with Gasteiger partial charge >= 0.3 is 0 Å². The summed E-state index contributed by atoms with van der Waals surface area (Å²) in [6.45, 7) is 8.45. The molecule has 40 heavy (non-hydrogen) atoms. The molecule has 1 amide bonds. The monoisotopic (exact) mass is 542 g/mol. The fourth-order valence-corrected chi connectivity index (χ4v) is 4.99. The lowest BCUT2D eigenvalue weighted by Gasteiger charge is -2.25. The topological polar surface area (TPSA) is 78.0 Å². The molecule has 2 heterocycles. The number of ether oxygens (including phenoxy) is 3. The van der Waals surface area contributed by atoms with E-state index in [9.17, 15) is 9.59 Å². The summed E-state index contributed by atoms with van der Waals surface area (Å²) in [4.78, 5) is 31.8. The Hall–Kier alpha value is -4.13. The lowest BCUT2D eigenvalue weighted by Crippen LogP contribution is -2.31. The highest BCUT2D eigenvalue weighted by Crippen LogP contribution is 2.34. The normalized spacial score (nSPS) is 15.8. The van der Waals surface area contributed by atoms with Crippen molar-refractivity contribution < 1.29 is 23.8 Å². The molecule has 3 aromatic rings. The summed E-state index contributed by atoms with van der Waals surface area (Å²) in [5.74, 6) is 1.62. The van der Waals surface area contributed by atoms with Gasteiger partial charge in [0.1, 0.15) is 11.5 Å². The molecule has 0 spiro atoms. The third-order valence-electron chi connectivity index (χ3n) is 7.34. The number of carbonyl (C=O) groups excluding carboxylic acids is 2. The summed E-state index contributed by atoms with van der Waals surface area (Å²) >= 11 is 0. The number of ketones is 1. The van der Waals surface area contributed by atoms with E-state index in [1.165, 1.54) is 19.6 Å². The summed E-state index contributed by atoms with van der Waals surface area (Å²) in [6, 6.07) is 17.5. The van der Waals surface area contributed by atoms with Crippen LogP contribution in [0.1, 0.15) is 73.3 Å². The van der Waals surface area contributed by atoms with Gasteiger partial charge in [0.15, 0.2) is 5.78 Å². The van der Waals surface area contributed by atoms with Crippen molar-refractivity contribution >= 4 is 17.3 Å². The Morgan fingerprint density at radius 1 is 1.00 bits per heavy atom. The molecule has 1 atom stereocenters. The zero-order chi connectivity index (χ0) is 29.0. The van der Waals surface area contributed by atoms with E-state index in [2.05, 4.69) is 51.1 Å². The Morgan fingerprint density at radius 2 is 1.73 bits per heavy atom. The third-order valence-corrected chi connectivity index (χ3v) is 7.34. The van der Waals surface area contributed by atoms with E-state index in [0.717, 1.165) is 16.7 Å². The molecule has 0 saturated carbocycles. The Balaban J connectivity index is 1.79. The maximum atomic E-state index is 13.1. The van der Waals surface area contributed by atoms with Crippen molar-refractivity contribution in [2.75, 3.05) is 21.3 Å². The fourth-order valence-electron chi connectivity index (χ4n) is 4.99. The van der Waals surface area contributed by atoms with Crippen LogP contribution in [0.25, 0.3) is 5.57 Å². The zero-order valence-corrected chi connectivity index (χ0v) is 24.4.